The van der Waals surface area contributed by atoms with Gasteiger partial charge in [0, 0.05) is 24.5 Å². The molecule has 0 aliphatic carbocycles. The average Bonchev–Trinajstić information content (AvgIpc) is 2.55. The van der Waals surface area contributed by atoms with Gasteiger partial charge in [0.05, 0.1) is 0 Å². The molecule has 0 aromatic heterocycles. The Bertz CT molecular complexity index is 609. The van der Waals surface area contributed by atoms with E-state index in [1.165, 1.54) is 35.3 Å². The van der Waals surface area contributed by atoms with E-state index >= 15 is 0 Å². The molecular formula is C18H20N2O. The number of hydrogen-bond acceptors (Lipinski definition) is 3. The molecule has 0 atom stereocenters. The summed E-state index contributed by atoms with van der Waals surface area (Å²) in [7, 11) is 0. The van der Waals surface area contributed by atoms with Crippen LogP contribution in [0.25, 0.3) is 0 Å². The molecule has 4 rings (SSSR count). The normalized spacial score (nSPS) is 16.2. The number of aryl methyl sites for hydroxylation is 2. The molecular weight excluding hydrogens is 260 g/mol. The summed E-state index contributed by atoms with van der Waals surface area (Å²) in [5, 5.41) is 6.86. The third-order valence-electron chi connectivity index (χ3n) is 4.27. The summed E-state index contributed by atoms with van der Waals surface area (Å²) in [4.78, 5) is 0. The van der Waals surface area contributed by atoms with Crippen molar-refractivity contribution in [3.05, 3.63) is 47.5 Å². The molecule has 3 nitrogen and oxygen atoms in total. The number of ether oxygens (including phenoxy) is 1. The molecule has 3 heteroatoms. The van der Waals surface area contributed by atoms with Crippen LogP contribution in [0.3, 0.4) is 0 Å². The van der Waals surface area contributed by atoms with Crippen LogP contribution in [0.2, 0.25) is 0 Å². The van der Waals surface area contributed by atoms with Crippen molar-refractivity contribution in [2.75, 3.05) is 23.7 Å². The Hall–Kier alpha value is -2.16. The molecule has 2 aliphatic rings. The minimum atomic E-state index is 0.932. The lowest BCUT2D eigenvalue weighted by Crippen LogP contribution is -2.11. The Balaban J connectivity index is 1.58. The Labute approximate surface area is 125 Å². The summed E-state index contributed by atoms with van der Waals surface area (Å²) in [6, 6.07) is 12.7. The Morgan fingerprint density at radius 2 is 1.24 bits per heavy atom. The van der Waals surface area contributed by atoms with Gasteiger partial charge in [-0.05, 0) is 73.2 Å². The van der Waals surface area contributed by atoms with E-state index in [2.05, 4.69) is 47.0 Å². The third kappa shape index (κ3) is 2.56. The van der Waals surface area contributed by atoms with Gasteiger partial charge in [-0.25, -0.2) is 0 Å². The van der Waals surface area contributed by atoms with Crippen LogP contribution < -0.4 is 15.4 Å². The molecule has 2 aliphatic heterocycles. The predicted molar refractivity (Wildman–Crippen MR) is 86.6 cm³/mol. The number of benzene rings is 2. The van der Waals surface area contributed by atoms with E-state index in [4.69, 9.17) is 4.74 Å². The summed E-state index contributed by atoms with van der Waals surface area (Å²) in [5.41, 5.74) is 5.23. The SMILES string of the molecule is c1cc2c(cc1Oc1ccc3c(c1)CCCN3)CCCN2. The van der Waals surface area contributed by atoms with Gasteiger partial charge in [0.15, 0.2) is 0 Å². The number of rotatable bonds is 2. The van der Waals surface area contributed by atoms with E-state index in [1.54, 1.807) is 0 Å². The first-order chi connectivity index (χ1) is 10.4. The van der Waals surface area contributed by atoms with Crippen molar-refractivity contribution < 1.29 is 4.74 Å². The van der Waals surface area contributed by atoms with Crippen molar-refractivity contribution in [2.24, 2.45) is 0 Å². The van der Waals surface area contributed by atoms with Crippen molar-refractivity contribution in [3.63, 3.8) is 0 Å². The molecule has 2 aromatic carbocycles. The van der Waals surface area contributed by atoms with E-state index in [-0.39, 0.29) is 0 Å². The van der Waals surface area contributed by atoms with Crippen LogP contribution in [-0.2, 0) is 12.8 Å². The number of anilines is 2. The number of nitrogens with one attached hydrogen (secondary N) is 2. The lowest BCUT2D eigenvalue weighted by Gasteiger charge is -2.20. The average molecular weight is 280 g/mol. The smallest absolute Gasteiger partial charge is 0.127 e. The standard InChI is InChI=1S/C18H20N2O/c1-3-13-11-15(5-7-17(13)19-9-1)21-16-6-8-18-14(12-16)4-2-10-20-18/h5-8,11-12,19-20H,1-4,9-10H2. The highest BCUT2D eigenvalue weighted by molar-refractivity contribution is 5.58. The summed E-state index contributed by atoms with van der Waals surface area (Å²) in [5.74, 6) is 1.86. The van der Waals surface area contributed by atoms with E-state index in [9.17, 15) is 0 Å². The quantitative estimate of drug-likeness (QED) is 0.865. The van der Waals surface area contributed by atoms with Gasteiger partial charge in [-0.1, -0.05) is 0 Å². The lowest BCUT2D eigenvalue weighted by molar-refractivity contribution is 0.481. The van der Waals surface area contributed by atoms with Crippen molar-refractivity contribution in [1.82, 2.24) is 0 Å². The van der Waals surface area contributed by atoms with E-state index in [1.807, 2.05) is 0 Å². The summed E-state index contributed by atoms with van der Waals surface area (Å²) < 4.78 is 6.05. The van der Waals surface area contributed by atoms with Gasteiger partial charge in [0.1, 0.15) is 11.5 Å². The Kier molecular flexibility index (Phi) is 3.18. The first kappa shape index (κ1) is 12.6. The molecule has 2 N–H and O–H groups in total. The first-order valence-corrected chi connectivity index (χ1v) is 7.80. The van der Waals surface area contributed by atoms with Gasteiger partial charge in [0.2, 0.25) is 0 Å². The fourth-order valence-electron chi connectivity index (χ4n) is 3.17. The largest absolute Gasteiger partial charge is 0.457 e. The lowest BCUT2D eigenvalue weighted by atomic mass is 10.0. The highest BCUT2D eigenvalue weighted by Gasteiger charge is 2.12. The molecule has 0 radical (unpaired) electrons. The minimum absolute atomic E-state index is 0.932. The van der Waals surface area contributed by atoms with Crippen molar-refractivity contribution in [2.45, 2.75) is 25.7 Å². The van der Waals surface area contributed by atoms with Gasteiger partial charge in [-0.15, -0.1) is 0 Å². The second kappa shape index (κ2) is 5.32. The number of hydrogen-bond donors (Lipinski definition) is 2. The molecule has 0 amide bonds. The van der Waals surface area contributed by atoms with Gasteiger partial charge in [-0.3, -0.25) is 0 Å². The molecule has 0 spiro atoms. The summed E-state index contributed by atoms with van der Waals surface area (Å²) in [6.07, 6.45) is 4.66. The highest BCUT2D eigenvalue weighted by Crippen LogP contribution is 2.32. The summed E-state index contributed by atoms with van der Waals surface area (Å²) in [6.45, 7) is 2.15. The second-order valence-electron chi connectivity index (χ2n) is 5.80. The van der Waals surface area contributed by atoms with E-state index in [0.29, 0.717) is 0 Å². The molecule has 21 heavy (non-hydrogen) atoms. The fourth-order valence-corrected chi connectivity index (χ4v) is 3.17. The van der Waals surface area contributed by atoms with Crippen molar-refractivity contribution in [3.8, 4) is 11.5 Å². The minimum Gasteiger partial charge on any atom is -0.457 e. The fraction of sp³-hybridized carbons (Fsp3) is 0.333. The van der Waals surface area contributed by atoms with Crippen molar-refractivity contribution in [1.29, 1.82) is 0 Å². The zero-order chi connectivity index (χ0) is 14.1. The Morgan fingerprint density at radius 1 is 0.714 bits per heavy atom. The zero-order valence-corrected chi connectivity index (χ0v) is 12.1. The highest BCUT2D eigenvalue weighted by atomic mass is 16.5. The molecule has 2 heterocycles. The Morgan fingerprint density at radius 3 is 1.76 bits per heavy atom. The maximum Gasteiger partial charge on any atom is 0.127 e. The van der Waals surface area contributed by atoms with E-state index in [0.717, 1.165) is 37.4 Å². The van der Waals surface area contributed by atoms with E-state index < -0.39 is 0 Å². The molecule has 0 saturated heterocycles. The summed E-state index contributed by atoms with van der Waals surface area (Å²) >= 11 is 0. The van der Waals surface area contributed by atoms with Crippen LogP contribution in [-0.4, -0.2) is 13.1 Å². The molecule has 2 aromatic rings. The second-order valence-corrected chi connectivity index (χ2v) is 5.80. The maximum atomic E-state index is 6.05. The maximum absolute atomic E-state index is 6.05. The van der Waals surface area contributed by atoms with Crippen LogP contribution in [0.4, 0.5) is 11.4 Å². The van der Waals surface area contributed by atoms with Crippen LogP contribution in [0.15, 0.2) is 36.4 Å². The predicted octanol–water partition coefficient (Wildman–Crippen LogP) is 4.20. The zero-order valence-electron chi connectivity index (χ0n) is 12.1. The molecule has 108 valence electrons. The first-order valence-electron chi connectivity index (χ1n) is 7.80. The number of fused-ring (bicyclic) bond motifs is 2. The molecule has 0 unspecified atom stereocenters. The van der Waals surface area contributed by atoms with Gasteiger partial charge < -0.3 is 15.4 Å². The third-order valence-corrected chi connectivity index (χ3v) is 4.27. The molecule has 0 bridgehead atoms. The van der Waals surface area contributed by atoms with Crippen LogP contribution in [0.1, 0.15) is 24.0 Å². The van der Waals surface area contributed by atoms with Crippen molar-refractivity contribution >= 4 is 11.4 Å². The van der Waals surface area contributed by atoms with Gasteiger partial charge in [0.25, 0.3) is 0 Å². The topological polar surface area (TPSA) is 33.3 Å². The van der Waals surface area contributed by atoms with Crippen LogP contribution in [0, 0.1) is 0 Å². The molecule has 0 fully saturated rings. The van der Waals surface area contributed by atoms with Gasteiger partial charge in [-0.2, -0.15) is 0 Å². The van der Waals surface area contributed by atoms with Crippen LogP contribution in [0.5, 0.6) is 11.5 Å². The molecule has 0 saturated carbocycles. The monoisotopic (exact) mass is 280 g/mol. The van der Waals surface area contributed by atoms with Gasteiger partial charge >= 0.3 is 0 Å². The van der Waals surface area contributed by atoms with Crippen LogP contribution >= 0.6 is 0 Å².